The third-order valence-electron chi connectivity index (χ3n) is 2.59. The Bertz CT molecular complexity index is 129. The monoisotopic (exact) mass is 154 g/mol. The van der Waals surface area contributed by atoms with Gasteiger partial charge < -0.3 is 5.11 Å². The fourth-order valence-electron chi connectivity index (χ4n) is 1.84. The second-order valence-electron chi connectivity index (χ2n) is 3.47. The molecule has 1 saturated carbocycles. The van der Waals surface area contributed by atoms with Crippen molar-refractivity contribution < 1.29 is 5.11 Å². The Morgan fingerprint density at radius 2 is 2.27 bits per heavy atom. The van der Waals surface area contributed by atoms with E-state index in [-0.39, 0.29) is 0 Å². The number of rotatable bonds is 3. The molecular weight excluding hydrogens is 136 g/mol. The third kappa shape index (κ3) is 2.66. The molecule has 0 spiro atoms. The summed E-state index contributed by atoms with van der Waals surface area (Å²) in [4.78, 5) is 0. The molecular formula is C10H18O. The Morgan fingerprint density at radius 3 is 2.91 bits per heavy atom. The first-order valence-electron chi connectivity index (χ1n) is 4.63. The second-order valence-corrected chi connectivity index (χ2v) is 3.47. The lowest BCUT2D eigenvalue weighted by atomic mass is 9.82. The van der Waals surface area contributed by atoms with Crippen molar-refractivity contribution in [2.45, 2.75) is 38.5 Å². The fourth-order valence-corrected chi connectivity index (χ4v) is 1.84. The summed E-state index contributed by atoms with van der Waals surface area (Å²) in [5.41, 5.74) is 1.42. The summed E-state index contributed by atoms with van der Waals surface area (Å²) in [6, 6.07) is 0. The highest BCUT2D eigenvalue weighted by Gasteiger charge is 2.15. The minimum absolute atomic E-state index is 0.337. The maximum Gasteiger partial charge on any atom is 0.0431 e. The SMILES string of the molecule is C=C1CCCCC1CCCO. The lowest BCUT2D eigenvalue weighted by molar-refractivity contribution is 0.269. The third-order valence-corrected chi connectivity index (χ3v) is 2.59. The second kappa shape index (κ2) is 4.55. The van der Waals surface area contributed by atoms with Crippen molar-refractivity contribution >= 4 is 0 Å². The van der Waals surface area contributed by atoms with Crippen LogP contribution >= 0.6 is 0 Å². The molecule has 0 aromatic carbocycles. The first-order chi connectivity index (χ1) is 5.34. The quantitative estimate of drug-likeness (QED) is 0.619. The standard InChI is InChI=1S/C10H18O/c1-9-5-2-3-6-10(9)7-4-8-11/h10-11H,1-8H2. The van der Waals surface area contributed by atoms with Gasteiger partial charge >= 0.3 is 0 Å². The van der Waals surface area contributed by atoms with Crippen LogP contribution in [0.1, 0.15) is 38.5 Å². The van der Waals surface area contributed by atoms with Gasteiger partial charge in [-0.15, -0.1) is 0 Å². The normalized spacial score (nSPS) is 25.5. The van der Waals surface area contributed by atoms with E-state index in [4.69, 9.17) is 5.11 Å². The molecule has 1 aliphatic carbocycles. The van der Waals surface area contributed by atoms with Crippen LogP contribution in [-0.4, -0.2) is 11.7 Å². The molecule has 0 bridgehead atoms. The largest absolute Gasteiger partial charge is 0.396 e. The molecule has 1 N–H and O–H groups in total. The molecule has 1 aliphatic rings. The molecule has 1 nitrogen and oxygen atoms in total. The van der Waals surface area contributed by atoms with Crippen molar-refractivity contribution in [1.29, 1.82) is 0 Å². The van der Waals surface area contributed by atoms with E-state index in [0.29, 0.717) is 6.61 Å². The molecule has 0 heterocycles. The minimum atomic E-state index is 0.337. The van der Waals surface area contributed by atoms with Crippen molar-refractivity contribution in [3.8, 4) is 0 Å². The lowest BCUT2D eigenvalue weighted by Gasteiger charge is -2.23. The van der Waals surface area contributed by atoms with Gasteiger partial charge in [-0.25, -0.2) is 0 Å². The number of aliphatic hydroxyl groups is 1. The van der Waals surface area contributed by atoms with Crippen molar-refractivity contribution in [3.63, 3.8) is 0 Å². The summed E-state index contributed by atoms with van der Waals surface area (Å²) < 4.78 is 0. The molecule has 0 aromatic rings. The van der Waals surface area contributed by atoms with Crippen LogP contribution in [-0.2, 0) is 0 Å². The summed E-state index contributed by atoms with van der Waals surface area (Å²) in [5.74, 6) is 0.718. The van der Waals surface area contributed by atoms with Gasteiger partial charge in [-0.2, -0.15) is 0 Å². The van der Waals surface area contributed by atoms with Gasteiger partial charge in [-0.3, -0.25) is 0 Å². The van der Waals surface area contributed by atoms with Crippen molar-refractivity contribution in [1.82, 2.24) is 0 Å². The van der Waals surface area contributed by atoms with Crippen LogP contribution in [0.5, 0.6) is 0 Å². The zero-order valence-corrected chi connectivity index (χ0v) is 7.18. The van der Waals surface area contributed by atoms with E-state index in [9.17, 15) is 0 Å². The number of hydrogen-bond acceptors (Lipinski definition) is 1. The molecule has 1 unspecified atom stereocenters. The predicted molar refractivity (Wildman–Crippen MR) is 47.4 cm³/mol. The number of hydrogen-bond donors (Lipinski definition) is 1. The summed E-state index contributed by atoms with van der Waals surface area (Å²) in [6.07, 6.45) is 7.30. The zero-order chi connectivity index (χ0) is 8.10. The summed E-state index contributed by atoms with van der Waals surface area (Å²) in [6.45, 7) is 4.40. The zero-order valence-electron chi connectivity index (χ0n) is 7.18. The molecule has 64 valence electrons. The summed E-state index contributed by atoms with van der Waals surface area (Å²) in [5, 5.41) is 8.65. The van der Waals surface area contributed by atoms with E-state index >= 15 is 0 Å². The molecule has 0 aliphatic heterocycles. The molecule has 1 heteroatoms. The predicted octanol–water partition coefficient (Wildman–Crippen LogP) is 2.51. The van der Waals surface area contributed by atoms with E-state index in [1.165, 1.54) is 31.3 Å². The van der Waals surface area contributed by atoms with Crippen LogP contribution in [0.3, 0.4) is 0 Å². The Kier molecular flexibility index (Phi) is 3.64. The average molecular weight is 154 g/mol. The number of allylic oxidation sites excluding steroid dienone is 1. The average Bonchev–Trinajstić information content (AvgIpc) is 2.03. The van der Waals surface area contributed by atoms with E-state index < -0.39 is 0 Å². The van der Waals surface area contributed by atoms with Crippen LogP contribution in [0.25, 0.3) is 0 Å². The molecule has 1 rings (SSSR count). The lowest BCUT2D eigenvalue weighted by Crippen LogP contribution is -2.09. The smallest absolute Gasteiger partial charge is 0.0431 e. The van der Waals surface area contributed by atoms with E-state index in [1.807, 2.05) is 0 Å². The van der Waals surface area contributed by atoms with Crippen molar-refractivity contribution in [2.75, 3.05) is 6.61 Å². The van der Waals surface area contributed by atoms with Gasteiger partial charge in [0.1, 0.15) is 0 Å². The Balaban J connectivity index is 2.24. The highest BCUT2D eigenvalue weighted by Crippen LogP contribution is 2.30. The summed E-state index contributed by atoms with van der Waals surface area (Å²) in [7, 11) is 0. The maximum absolute atomic E-state index is 8.65. The summed E-state index contributed by atoms with van der Waals surface area (Å²) >= 11 is 0. The van der Waals surface area contributed by atoms with Gasteiger partial charge in [-0.05, 0) is 38.0 Å². The highest BCUT2D eigenvalue weighted by atomic mass is 16.2. The van der Waals surface area contributed by atoms with Crippen LogP contribution in [0.2, 0.25) is 0 Å². The topological polar surface area (TPSA) is 20.2 Å². The number of aliphatic hydroxyl groups excluding tert-OH is 1. The molecule has 1 fully saturated rings. The Labute approximate surface area is 69.1 Å². The van der Waals surface area contributed by atoms with Gasteiger partial charge in [-0.1, -0.05) is 18.6 Å². The molecule has 1 atom stereocenters. The van der Waals surface area contributed by atoms with Gasteiger partial charge in [0.25, 0.3) is 0 Å². The first kappa shape index (κ1) is 8.79. The molecule has 0 aromatic heterocycles. The van der Waals surface area contributed by atoms with Crippen LogP contribution in [0, 0.1) is 5.92 Å². The Morgan fingerprint density at radius 1 is 1.45 bits per heavy atom. The minimum Gasteiger partial charge on any atom is -0.396 e. The van der Waals surface area contributed by atoms with Crippen LogP contribution < -0.4 is 0 Å². The van der Waals surface area contributed by atoms with E-state index in [2.05, 4.69) is 6.58 Å². The molecule has 0 amide bonds. The highest BCUT2D eigenvalue weighted by molar-refractivity contribution is 5.02. The van der Waals surface area contributed by atoms with Gasteiger partial charge in [0.2, 0.25) is 0 Å². The van der Waals surface area contributed by atoms with Gasteiger partial charge in [0, 0.05) is 6.61 Å². The van der Waals surface area contributed by atoms with Gasteiger partial charge in [0.05, 0.1) is 0 Å². The Hall–Kier alpha value is -0.300. The molecule has 0 radical (unpaired) electrons. The van der Waals surface area contributed by atoms with Crippen molar-refractivity contribution in [2.24, 2.45) is 5.92 Å². The van der Waals surface area contributed by atoms with Crippen LogP contribution in [0.4, 0.5) is 0 Å². The van der Waals surface area contributed by atoms with E-state index in [1.54, 1.807) is 0 Å². The molecule has 11 heavy (non-hydrogen) atoms. The first-order valence-corrected chi connectivity index (χ1v) is 4.63. The molecule has 0 saturated heterocycles. The van der Waals surface area contributed by atoms with Gasteiger partial charge in [0.15, 0.2) is 0 Å². The van der Waals surface area contributed by atoms with Crippen LogP contribution in [0.15, 0.2) is 12.2 Å². The van der Waals surface area contributed by atoms with E-state index in [0.717, 1.165) is 18.8 Å². The fraction of sp³-hybridized carbons (Fsp3) is 0.800. The van der Waals surface area contributed by atoms with Crippen molar-refractivity contribution in [3.05, 3.63) is 12.2 Å². The maximum atomic E-state index is 8.65.